The van der Waals surface area contributed by atoms with Gasteiger partial charge in [0.2, 0.25) is 0 Å². The van der Waals surface area contributed by atoms with Crippen molar-refractivity contribution in [2.24, 2.45) is 5.73 Å². The minimum absolute atomic E-state index is 0.439. The average Bonchev–Trinajstić information content (AvgIpc) is 1.83. The van der Waals surface area contributed by atoms with Crippen LogP contribution in [-0.4, -0.2) is 24.5 Å². The van der Waals surface area contributed by atoms with Gasteiger partial charge in [-0.1, -0.05) is 6.92 Å². The molecule has 0 radical (unpaired) electrons. The highest BCUT2D eigenvalue weighted by atomic mass is 16.6. The maximum absolute atomic E-state index is 8.71. The highest BCUT2D eigenvalue weighted by Gasteiger charge is 1.95. The summed E-state index contributed by atoms with van der Waals surface area (Å²) in [5.41, 5.74) is 5.10. The third kappa shape index (κ3) is 4.05. The van der Waals surface area contributed by atoms with Crippen molar-refractivity contribution in [3.05, 3.63) is 0 Å². The van der Waals surface area contributed by atoms with Crippen LogP contribution in [0.25, 0.3) is 0 Å². The fourth-order valence-corrected chi connectivity index (χ4v) is 0.322. The largest absolute Gasteiger partial charge is 0.368 e. The molecule has 0 amide bonds. The molecular formula is C5H13NO2. The third-order valence-electron chi connectivity index (χ3n) is 0.777. The zero-order valence-corrected chi connectivity index (χ0v) is 5.13. The average molecular weight is 119 g/mol. The summed E-state index contributed by atoms with van der Waals surface area (Å²) in [5.74, 6) is 0. The molecule has 0 aliphatic carbocycles. The molecule has 1 unspecified atom stereocenters. The van der Waals surface area contributed by atoms with E-state index in [0.29, 0.717) is 19.6 Å². The lowest BCUT2D eigenvalue weighted by Crippen LogP contribution is -2.16. The maximum atomic E-state index is 8.71. The standard InChI is InChI=1S/C5H13NO2/c1-2-5(7)8-4-3-6/h5,7H,2-4,6H2,1H3. The lowest BCUT2D eigenvalue weighted by atomic mass is 10.5. The van der Waals surface area contributed by atoms with Crippen molar-refractivity contribution in [1.29, 1.82) is 0 Å². The summed E-state index contributed by atoms with van der Waals surface area (Å²) in [4.78, 5) is 0. The minimum atomic E-state index is -0.626. The number of rotatable bonds is 4. The van der Waals surface area contributed by atoms with Crippen molar-refractivity contribution in [1.82, 2.24) is 0 Å². The molecule has 0 rings (SSSR count). The number of ether oxygens (including phenoxy) is 1. The Hall–Kier alpha value is -0.120. The Balaban J connectivity index is 2.86. The van der Waals surface area contributed by atoms with Crippen LogP contribution in [0.3, 0.4) is 0 Å². The summed E-state index contributed by atoms with van der Waals surface area (Å²) in [5, 5.41) is 8.71. The summed E-state index contributed by atoms with van der Waals surface area (Å²) in [6.45, 7) is 2.76. The van der Waals surface area contributed by atoms with Crippen molar-refractivity contribution in [2.45, 2.75) is 19.6 Å². The highest BCUT2D eigenvalue weighted by Crippen LogP contribution is 1.89. The molecule has 0 aromatic carbocycles. The second kappa shape index (κ2) is 5.03. The van der Waals surface area contributed by atoms with Crippen LogP contribution in [0.2, 0.25) is 0 Å². The summed E-state index contributed by atoms with van der Waals surface area (Å²) in [6, 6.07) is 0. The van der Waals surface area contributed by atoms with E-state index in [1.54, 1.807) is 0 Å². The molecule has 0 bridgehead atoms. The van der Waals surface area contributed by atoms with Crippen LogP contribution >= 0.6 is 0 Å². The Kier molecular flexibility index (Phi) is 4.95. The Morgan fingerprint density at radius 2 is 2.38 bits per heavy atom. The van der Waals surface area contributed by atoms with Gasteiger partial charge in [0.15, 0.2) is 6.29 Å². The van der Waals surface area contributed by atoms with Gasteiger partial charge in [-0.3, -0.25) is 0 Å². The smallest absolute Gasteiger partial charge is 0.154 e. The van der Waals surface area contributed by atoms with E-state index in [9.17, 15) is 0 Å². The van der Waals surface area contributed by atoms with Crippen LogP contribution in [0.15, 0.2) is 0 Å². The molecule has 50 valence electrons. The molecule has 0 spiro atoms. The lowest BCUT2D eigenvalue weighted by Gasteiger charge is -2.06. The first-order valence-electron chi connectivity index (χ1n) is 2.81. The van der Waals surface area contributed by atoms with Crippen LogP contribution in [0.5, 0.6) is 0 Å². The van der Waals surface area contributed by atoms with E-state index in [4.69, 9.17) is 15.6 Å². The Morgan fingerprint density at radius 1 is 1.75 bits per heavy atom. The van der Waals surface area contributed by atoms with Gasteiger partial charge in [0.25, 0.3) is 0 Å². The van der Waals surface area contributed by atoms with Crippen molar-refractivity contribution in [2.75, 3.05) is 13.2 Å². The molecule has 3 N–H and O–H groups in total. The Morgan fingerprint density at radius 3 is 2.75 bits per heavy atom. The summed E-state index contributed by atoms with van der Waals surface area (Å²) < 4.78 is 4.77. The number of hydrogen-bond donors (Lipinski definition) is 2. The van der Waals surface area contributed by atoms with E-state index in [1.807, 2.05) is 6.92 Å². The van der Waals surface area contributed by atoms with Crippen LogP contribution < -0.4 is 5.73 Å². The lowest BCUT2D eigenvalue weighted by molar-refractivity contribution is -0.0971. The minimum Gasteiger partial charge on any atom is -0.368 e. The molecule has 1 atom stereocenters. The monoisotopic (exact) mass is 119 g/mol. The first kappa shape index (κ1) is 7.88. The van der Waals surface area contributed by atoms with Crippen molar-refractivity contribution >= 4 is 0 Å². The number of hydrogen-bond acceptors (Lipinski definition) is 3. The molecule has 0 saturated carbocycles. The van der Waals surface area contributed by atoms with Gasteiger partial charge in [0, 0.05) is 6.54 Å². The third-order valence-corrected chi connectivity index (χ3v) is 0.777. The molecule has 0 aromatic heterocycles. The zero-order valence-electron chi connectivity index (χ0n) is 5.13. The fourth-order valence-electron chi connectivity index (χ4n) is 0.322. The van der Waals surface area contributed by atoms with Gasteiger partial charge in [0.1, 0.15) is 0 Å². The molecule has 0 heterocycles. The molecule has 3 heteroatoms. The van der Waals surface area contributed by atoms with Crippen molar-refractivity contribution < 1.29 is 9.84 Å². The summed E-state index contributed by atoms with van der Waals surface area (Å²) in [7, 11) is 0. The topological polar surface area (TPSA) is 55.5 Å². The van der Waals surface area contributed by atoms with E-state index in [-0.39, 0.29) is 0 Å². The molecule has 0 aromatic rings. The van der Waals surface area contributed by atoms with Crippen LogP contribution in [0.1, 0.15) is 13.3 Å². The number of aliphatic hydroxyl groups is 1. The van der Waals surface area contributed by atoms with E-state index in [1.165, 1.54) is 0 Å². The van der Waals surface area contributed by atoms with E-state index in [0.717, 1.165) is 0 Å². The molecule has 0 saturated heterocycles. The van der Waals surface area contributed by atoms with Gasteiger partial charge in [-0.2, -0.15) is 0 Å². The first-order valence-corrected chi connectivity index (χ1v) is 2.81. The molecular weight excluding hydrogens is 106 g/mol. The number of nitrogens with two attached hydrogens (primary N) is 1. The molecule has 0 fully saturated rings. The quantitative estimate of drug-likeness (QED) is 0.499. The molecule has 0 aliphatic rings. The van der Waals surface area contributed by atoms with Crippen LogP contribution in [-0.2, 0) is 4.74 Å². The van der Waals surface area contributed by atoms with Crippen LogP contribution in [0, 0.1) is 0 Å². The van der Waals surface area contributed by atoms with Gasteiger partial charge < -0.3 is 15.6 Å². The maximum Gasteiger partial charge on any atom is 0.154 e. The van der Waals surface area contributed by atoms with Gasteiger partial charge in [-0.05, 0) is 6.42 Å². The molecule has 0 aliphatic heterocycles. The van der Waals surface area contributed by atoms with Crippen molar-refractivity contribution in [3.63, 3.8) is 0 Å². The predicted molar refractivity (Wildman–Crippen MR) is 31.3 cm³/mol. The fraction of sp³-hybridized carbons (Fsp3) is 1.00. The van der Waals surface area contributed by atoms with Crippen molar-refractivity contribution in [3.8, 4) is 0 Å². The Labute approximate surface area is 49.4 Å². The van der Waals surface area contributed by atoms with E-state index < -0.39 is 6.29 Å². The van der Waals surface area contributed by atoms with Gasteiger partial charge in [-0.25, -0.2) is 0 Å². The van der Waals surface area contributed by atoms with E-state index >= 15 is 0 Å². The highest BCUT2D eigenvalue weighted by molar-refractivity contribution is 4.35. The van der Waals surface area contributed by atoms with E-state index in [2.05, 4.69) is 0 Å². The zero-order chi connectivity index (χ0) is 6.41. The van der Waals surface area contributed by atoms with Gasteiger partial charge >= 0.3 is 0 Å². The van der Waals surface area contributed by atoms with Gasteiger partial charge in [0.05, 0.1) is 6.61 Å². The summed E-state index contributed by atoms with van der Waals surface area (Å²) >= 11 is 0. The SMILES string of the molecule is CCC(O)OCCN. The normalized spacial score (nSPS) is 13.9. The second-order valence-corrected chi connectivity index (χ2v) is 1.52. The predicted octanol–water partition coefficient (Wildman–Crippen LogP) is -0.310. The number of aliphatic hydroxyl groups excluding tert-OH is 1. The van der Waals surface area contributed by atoms with Gasteiger partial charge in [-0.15, -0.1) is 0 Å². The second-order valence-electron chi connectivity index (χ2n) is 1.52. The Bertz CT molecular complexity index is 49.7. The first-order chi connectivity index (χ1) is 3.81. The molecule has 3 nitrogen and oxygen atoms in total. The summed E-state index contributed by atoms with van der Waals surface area (Å²) in [6.07, 6.45) is -0.00134. The van der Waals surface area contributed by atoms with Crippen LogP contribution in [0.4, 0.5) is 0 Å². The molecule has 8 heavy (non-hydrogen) atoms.